The number of amides is 2. The average molecular weight is 183 g/mol. The Kier molecular flexibility index (Phi) is 3.23. The van der Waals surface area contributed by atoms with Gasteiger partial charge in [0.25, 0.3) is 0 Å². The molecule has 0 radical (unpaired) electrons. The SMILES string of the molecule is NC(=O)N(CCO)S(N)(=O)=O. The molecule has 66 valence electrons. The first-order valence-electron chi connectivity index (χ1n) is 2.60. The van der Waals surface area contributed by atoms with E-state index in [0.29, 0.717) is 0 Å². The predicted molar refractivity (Wildman–Crippen MR) is 36.5 cm³/mol. The maximum Gasteiger partial charge on any atom is 0.329 e. The minimum absolute atomic E-state index is 0.174. The van der Waals surface area contributed by atoms with Crippen LogP contribution in [0.1, 0.15) is 0 Å². The van der Waals surface area contributed by atoms with Crippen LogP contribution in [0, 0.1) is 0 Å². The van der Waals surface area contributed by atoms with E-state index in [2.05, 4.69) is 10.9 Å². The highest BCUT2D eigenvalue weighted by molar-refractivity contribution is 7.87. The third-order valence-corrected chi connectivity index (χ3v) is 1.83. The van der Waals surface area contributed by atoms with Gasteiger partial charge < -0.3 is 10.8 Å². The van der Waals surface area contributed by atoms with Crippen LogP contribution in [0.2, 0.25) is 0 Å². The summed E-state index contributed by atoms with van der Waals surface area (Å²) in [6.45, 7) is -0.937. The Morgan fingerprint density at radius 3 is 2.09 bits per heavy atom. The maximum atomic E-state index is 10.5. The Morgan fingerprint density at radius 2 is 2.00 bits per heavy atom. The van der Waals surface area contributed by atoms with E-state index in [1.54, 1.807) is 0 Å². The van der Waals surface area contributed by atoms with Gasteiger partial charge in [-0.3, -0.25) is 0 Å². The Balaban J connectivity index is 4.49. The topological polar surface area (TPSA) is 127 Å². The lowest BCUT2D eigenvalue weighted by Gasteiger charge is -2.14. The summed E-state index contributed by atoms with van der Waals surface area (Å²) in [5.74, 6) is 0. The third kappa shape index (κ3) is 3.16. The van der Waals surface area contributed by atoms with Crippen LogP contribution in [-0.2, 0) is 10.2 Å². The summed E-state index contributed by atoms with van der Waals surface area (Å²) >= 11 is 0. The van der Waals surface area contributed by atoms with Crippen LogP contribution >= 0.6 is 0 Å². The fourth-order valence-electron chi connectivity index (χ4n) is 0.454. The van der Waals surface area contributed by atoms with Crippen LogP contribution in [0.15, 0.2) is 0 Å². The van der Waals surface area contributed by atoms with Crippen molar-refractivity contribution in [2.75, 3.05) is 13.2 Å². The Hall–Kier alpha value is -0.860. The number of nitrogens with two attached hydrogens (primary N) is 2. The zero-order valence-corrected chi connectivity index (χ0v) is 6.41. The monoisotopic (exact) mass is 183 g/mol. The molecule has 0 bridgehead atoms. The van der Waals surface area contributed by atoms with Crippen LogP contribution < -0.4 is 10.9 Å². The lowest BCUT2D eigenvalue weighted by Crippen LogP contribution is -2.45. The fraction of sp³-hybridized carbons (Fsp3) is 0.667. The van der Waals surface area contributed by atoms with E-state index in [1.165, 1.54) is 0 Å². The van der Waals surface area contributed by atoms with Gasteiger partial charge in [0.1, 0.15) is 0 Å². The normalized spacial score (nSPS) is 11.1. The molecule has 0 aromatic carbocycles. The van der Waals surface area contributed by atoms with Crippen LogP contribution in [-0.4, -0.2) is 37.0 Å². The van der Waals surface area contributed by atoms with Crippen LogP contribution in [0.3, 0.4) is 0 Å². The van der Waals surface area contributed by atoms with Gasteiger partial charge in [0, 0.05) is 0 Å². The van der Waals surface area contributed by atoms with E-state index < -0.39 is 29.4 Å². The van der Waals surface area contributed by atoms with Gasteiger partial charge in [-0.2, -0.15) is 8.42 Å². The molecular weight excluding hydrogens is 174 g/mol. The van der Waals surface area contributed by atoms with Crippen molar-refractivity contribution >= 4 is 16.2 Å². The molecule has 0 saturated carbocycles. The summed E-state index contributed by atoms with van der Waals surface area (Å²) in [5, 5.41) is 12.8. The number of hydrogen-bond donors (Lipinski definition) is 3. The van der Waals surface area contributed by atoms with Crippen molar-refractivity contribution in [3.8, 4) is 0 Å². The molecule has 0 atom stereocenters. The molecule has 0 aromatic heterocycles. The second kappa shape index (κ2) is 3.51. The Morgan fingerprint density at radius 1 is 1.55 bits per heavy atom. The Labute approximate surface area is 63.8 Å². The molecule has 0 aromatic rings. The van der Waals surface area contributed by atoms with E-state index in [-0.39, 0.29) is 4.31 Å². The van der Waals surface area contributed by atoms with Crippen LogP contribution in [0.4, 0.5) is 4.79 Å². The molecular formula is C3H9N3O4S. The number of hydrogen-bond acceptors (Lipinski definition) is 4. The second-order valence-electron chi connectivity index (χ2n) is 1.68. The highest BCUT2D eigenvalue weighted by atomic mass is 32.2. The molecule has 2 amide bonds. The van der Waals surface area contributed by atoms with Crippen molar-refractivity contribution in [1.29, 1.82) is 0 Å². The van der Waals surface area contributed by atoms with Crippen molar-refractivity contribution in [2.24, 2.45) is 10.9 Å². The van der Waals surface area contributed by atoms with Crippen molar-refractivity contribution in [3.63, 3.8) is 0 Å². The lowest BCUT2D eigenvalue weighted by atomic mass is 10.7. The fourth-order valence-corrected chi connectivity index (χ4v) is 1.04. The first-order chi connectivity index (χ1) is 4.89. The number of aliphatic hydroxyl groups is 1. The summed E-state index contributed by atoms with van der Waals surface area (Å²) in [7, 11) is -4.13. The third-order valence-electron chi connectivity index (χ3n) is 0.856. The number of aliphatic hydroxyl groups excluding tert-OH is 1. The van der Waals surface area contributed by atoms with Crippen molar-refractivity contribution in [2.45, 2.75) is 0 Å². The predicted octanol–water partition coefficient (Wildman–Crippen LogP) is -2.44. The minimum Gasteiger partial charge on any atom is -0.394 e. The number of rotatable bonds is 3. The molecule has 11 heavy (non-hydrogen) atoms. The van der Waals surface area contributed by atoms with Gasteiger partial charge in [0.05, 0.1) is 13.2 Å². The molecule has 0 aliphatic rings. The highest BCUT2D eigenvalue weighted by Gasteiger charge is 2.19. The molecule has 0 saturated heterocycles. The highest BCUT2D eigenvalue weighted by Crippen LogP contribution is 1.91. The molecule has 0 aliphatic heterocycles. The van der Waals surface area contributed by atoms with E-state index in [9.17, 15) is 13.2 Å². The van der Waals surface area contributed by atoms with E-state index in [4.69, 9.17) is 5.11 Å². The smallest absolute Gasteiger partial charge is 0.329 e. The van der Waals surface area contributed by atoms with Gasteiger partial charge in [-0.15, -0.1) is 0 Å². The van der Waals surface area contributed by atoms with E-state index >= 15 is 0 Å². The summed E-state index contributed by atoms with van der Waals surface area (Å²) in [4.78, 5) is 10.3. The molecule has 8 heteroatoms. The van der Waals surface area contributed by atoms with Crippen LogP contribution in [0.25, 0.3) is 0 Å². The van der Waals surface area contributed by atoms with E-state index in [0.717, 1.165) is 0 Å². The molecule has 0 unspecified atom stereocenters. The zero-order valence-electron chi connectivity index (χ0n) is 5.60. The number of urea groups is 1. The van der Waals surface area contributed by atoms with Gasteiger partial charge >= 0.3 is 16.2 Å². The van der Waals surface area contributed by atoms with E-state index in [1.807, 2.05) is 0 Å². The van der Waals surface area contributed by atoms with Gasteiger partial charge in [-0.25, -0.2) is 14.2 Å². The molecule has 0 aliphatic carbocycles. The number of carbonyl (C=O) groups is 1. The second-order valence-corrected chi connectivity index (χ2v) is 3.15. The summed E-state index contributed by atoms with van der Waals surface area (Å²) in [6.07, 6.45) is 0. The van der Waals surface area contributed by atoms with Crippen molar-refractivity contribution in [1.82, 2.24) is 4.31 Å². The summed E-state index contributed by atoms with van der Waals surface area (Å²) in [5.41, 5.74) is 4.63. The average Bonchev–Trinajstić information content (AvgIpc) is 1.79. The van der Waals surface area contributed by atoms with Gasteiger partial charge in [-0.1, -0.05) is 0 Å². The quantitative estimate of drug-likeness (QED) is 0.449. The molecule has 5 N–H and O–H groups in total. The van der Waals surface area contributed by atoms with Crippen LogP contribution in [0.5, 0.6) is 0 Å². The van der Waals surface area contributed by atoms with Gasteiger partial charge in [-0.05, 0) is 0 Å². The first-order valence-corrected chi connectivity index (χ1v) is 4.10. The van der Waals surface area contributed by atoms with Gasteiger partial charge in [0.15, 0.2) is 0 Å². The largest absolute Gasteiger partial charge is 0.394 e. The summed E-state index contributed by atoms with van der Waals surface area (Å²) in [6, 6.07) is -1.21. The molecule has 0 heterocycles. The maximum absolute atomic E-state index is 10.5. The lowest BCUT2D eigenvalue weighted by molar-refractivity contribution is 0.217. The summed E-state index contributed by atoms with van der Waals surface area (Å²) < 4.78 is 21.1. The molecule has 0 rings (SSSR count). The number of primary amides is 1. The standard InChI is InChI=1S/C3H9N3O4S/c4-3(8)6(1-2-7)11(5,9)10/h7H,1-2H2,(H2,4,8)(H2,5,9,10). The Bertz CT molecular complexity index is 235. The zero-order chi connectivity index (χ0) is 9.07. The molecule has 0 fully saturated rings. The number of nitrogens with zero attached hydrogens (tertiary/aromatic N) is 1. The molecule has 7 nitrogen and oxygen atoms in total. The minimum atomic E-state index is -4.13. The number of carbonyl (C=O) groups excluding carboxylic acids is 1. The van der Waals surface area contributed by atoms with Gasteiger partial charge in [0.2, 0.25) is 0 Å². The first kappa shape index (κ1) is 10.1. The van der Waals surface area contributed by atoms with Crippen molar-refractivity contribution in [3.05, 3.63) is 0 Å². The van der Waals surface area contributed by atoms with Crippen molar-refractivity contribution < 1.29 is 18.3 Å². The molecule has 0 spiro atoms.